The lowest BCUT2D eigenvalue weighted by Gasteiger charge is -2.29. The van der Waals surface area contributed by atoms with E-state index >= 15 is 0 Å². The van der Waals surface area contributed by atoms with Crippen LogP contribution in [0.5, 0.6) is 11.5 Å². The maximum absolute atomic E-state index is 13.4. The minimum atomic E-state index is -1.53. The van der Waals surface area contributed by atoms with Crippen molar-refractivity contribution >= 4 is 35.8 Å². The highest BCUT2D eigenvalue weighted by Crippen LogP contribution is 2.30. The number of hydrogen-bond acceptors (Lipinski definition) is 13. The molecule has 2 heterocycles. The monoisotopic (exact) mass is 628 g/mol. The first-order chi connectivity index (χ1) is 21.3. The van der Waals surface area contributed by atoms with Crippen molar-refractivity contribution in [2.24, 2.45) is 11.8 Å². The number of nitrogens with zero attached hydrogens (tertiary/aromatic N) is 1. The lowest BCUT2D eigenvalue weighted by atomic mass is 9.91. The summed E-state index contributed by atoms with van der Waals surface area (Å²) in [5.74, 6) is -7.18. The molecule has 1 aromatic heterocycles. The molecule has 45 heavy (non-hydrogen) atoms. The van der Waals surface area contributed by atoms with Gasteiger partial charge in [-0.15, -0.1) is 0 Å². The molecule has 0 saturated carbocycles. The van der Waals surface area contributed by atoms with Crippen LogP contribution in [0.15, 0.2) is 42.6 Å². The molecule has 14 nitrogen and oxygen atoms in total. The Morgan fingerprint density at radius 1 is 1.02 bits per heavy atom. The highest BCUT2D eigenvalue weighted by Gasteiger charge is 2.42. The van der Waals surface area contributed by atoms with Crippen molar-refractivity contribution in [3.8, 4) is 11.5 Å². The van der Waals surface area contributed by atoms with Crippen molar-refractivity contribution < 1.29 is 57.2 Å². The molecule has 3 rings (SSSR count). The molecule has 0 aliphatic carbocycles. The number of esters is 5. The van der Waals surface area contributed by atoms with Gasteiger partial charge in [-0.1, -0.05) is 44.2 Å². The first-order valence-corrected chi connectivity index (χ1v) is 14.2. The topological polar surface area (TPSA) is 183 Å². The number of aromatic nitrogens is 1. The Labute approximate surface area is 259 Å². The fraction of sp³-hybridized carbons (Fsp3) is 0.452. The van der Waals surface area contributed by atoms with E-state index in [1.165, 1.54) is 33.2 Å². The van der Waals surface area contributed by atoms with Gasteiger partial charge in [0.05, 0.1) is 13.0 Å². The van der Waals surface area contributed by atoms with Gasteiger partial charge in [0.2, 0.25) is 5.75 Å². The summed E-state index contributed by atoms with van der Waals surface area (Å²) in [7, 11) is 1.26. The number of cyclic esters (lactones) is 2. The molecule has 1 aliphatic rings. The Bertz CT molecular complexity index is 1410. The van der Waals surface area contributed by atoms with Crippen LogP contribution in [0.1, 0.15) is 50.7 Å². The molecule has 1 N–H and O–H groups in total. The van der Waals surface area contributed by atoms with E-state index in [-0.39, 0.29) is 12.2 Å². The van der Waals surface area contributed by atoms with Crippen LogP contribution in [0.25, 0.3) is 0 Å². The highest BCUT2D eigenvalue weighted by atomic mass is 16.6. The summed E-state index contributed by atoms with van der Waals surface area (Å²) in [5.41, 5.74) is 0.289. The highest BCUT2D eigenvalue weighted by molar-refractivity contribution is 5.99. The van der Waals surface area contributed by atoms with Crippen molar-refractivity contribution in [2.45, 2.75) is 65.4 Å². The zero-order valence-corrected chi connectivity index (χ0v) is 25.8. The lowest BCUT2D eigenvalue weighted by molar-refractivity contribution is -0.176. The number of nitrogens with one attached hydrogen (secondary N) is 1. The Kier molecular flexibility index (Phi) is 12.0. The van der Waals surface area contributed by atoms with Crippen LogP contribution in [0, 0.1) is 11.8 Å². The van der Waals surface area contributed by atoms with Gasteiger partial charge in [0.25, 0.3) is 5.91 Å². The van der Waals surface area contributed by atoms with Gasteiger partial charge in [0.1, 0.15) is 18.6 Å². The Morgan fingerprint density at radius 2 is 1.71 bits per heavy atom. The molecule has 1 unspecified atom stereocenters. The van der Waals surface area contributed by atoms with E-state index in [0.29, 0.717) is 0 Å². The Morgan fingerprint density at radius 3 is 2.33 bits per heavy atom. The third-order valence-corrected chi connectivity index (χ3v) is 6.65. The first kappa shape index (κ1) is 34.5. The summed E-state index contributed by atoms with van der Waals surface area (Å²) in [6.45, 7) is 6.47. The molecule has 1 aliphatic heterocycles. The van der Waals surface area contributed by atoms with Crippen LogP contribution in [0.4, 0.5) is 0 Å². The van der Waals surface area contributed by atoms with E-state index in [1.807, 2.05) is 6.07 Å². The van der Waals surface area contributed by atoms with E-state index in [2.05, 4.69) is 10.3 Å². The summed E-state index contributed by atoms with van der Waals surface area (Å²) in [5, 5.41) is 2.39. The number of ether oxygens (including phenoxy) is 6. The second-order valence-electron chi connectivity index (χ2n) is 10.5. The molecule has 0 bridgehead atoms. The zero-order chi connectivity index (χ0) is 33.3. The third-order valence-electron chi connectivity index (χ3n) is 6.65. The second-order valence-corrected chi connectivity index (χ2v) is 10.5. The minimum absolute atomic E-state index is 0.0609. The van der Waals surface area contributed by atoms with Crippen LogP contribution >= 0.6 is 0 Å². The lowest BCUT2D eigenvalue weighted by Crippen LogP contribution is -2.47. The maximum Gasteiger partial charge on any atom is 0.352 e. The smallest absolute Gasteiger partial charge is 0.352 e. The average Bonchev–Trinajstić information content (AvgIpc) is 3.03. The maximum atomic E-state index is 13.4. The van der Waals surface area contributed by atoms with Crippen molar-refractivity contribution in [3.05, 3.63) is 53.9 Å². The van der Waals surface area contributed by atoms with Crippen molar-refractivity contribution in [2.75, 3.05) is 13.7 Å². The first-order valence-electron chi connectivity index (χ1n) is 14.2. The van der Waals surface area contributed by atoms with Crippen LogP contribution < -0.4 is 14.8 Å². The number of rotatable bonds is 10. The Hall–Kier alpha value is -5.01. The predicted molar refractivity (Wildman–Crippen MR) is 154 cm³/mol. The quantitative estimate of drug-likeness (QED) is 0.298. The standard InChI is InChI=1S/C31H36N2O12/c1-16(2)28(36)44-25-17(3)43-31(39)22(15-41-30(38)21(25)14-20-10-8-7-9-11-20)33-27(35)24-26(23(40-6)12-13-32-24)45-29(37)18(4)42-19(5)34/h7-13,16-18,21-22,25H,14-15H2,1-6H3,(H,33,35)/t17-,18?,21+,22-,25-/m0/s1. The van der Waals surface area contributed by atoms with Gasteiger partial charge in [-0.05, 0) is 25.8 Å². The van der Waals surface area contributed by atoms with Crippen LogP contribution in [0.3, 0.4) is 0 Å². The number of hydrogen-bond donors (Lipinski definition) is 1. The van der Waals surface area contributed by atoms with Crippen LogP contribution in [0.2, 0.25) is 0 Å². The van der Waals surface area contributed by atoms with Gasteiger partial charge in [-0.25, -0.2) is 14.6 Å². The molecule has 5 atom stereocenters. The summed E-state index contributed by atoms with van der Waals surface area (Å²) in [6.07, 6.45) is -2.32. The fourth-order valence-corrected chi connectivity index (χ4v) is 4.31. The Balaban J connectivity index is 1.89. The molecule has 14 heteroatoms. The summed E-state index contributed by atoms with van der Waals surface area (Å²) < 4.78 is 32.0. The normalized spacial score (nSPS) is 20.7. The van der Waals surface area contributed by atoms with E-state index < -0.39 is 90.0 Å². The van der Waals surface area contributed by atoms with Gasteiger partial charge >= 0.3 is 29.8 Å². The van der Waals surface area contributed by atoms with Crippen molar-refractivity contribution in [1.82, 2.24) is 10.3 Å². The van der Waals surface area contributed by atoms with Gasteiger partial charge in [-0.3, -0.25) is 19.2 Å². The van der Waals surface area contributed by atoms with Gasteiger partial charge in [-0.2, -0.15) is 0 Å². The van der Waals surface area contributed by atoms with Crippen molar-refractivity contribution in [1.29, 1.82) is 0 Å². The predicted octanol–water partition coefficient (Wildman–Crippen LogP) is 1.96. The molecule has 1 amide bonds. The van der Waals surface area contributed by atoms with E-state index in [0.717, 1.165) is 12.5 Å². The van der Waals surface area contributed by atoms with Crippen LogP contribution in [-0.2, 0) is 49.3 Å². The number of pyridine rings is 1. The number of methoxy groups -OCH3 is 1. The summed E-state index contributed by atoms with van der Waals surface area (Å²) >= 11 is 0. The van der Waals surface area contributed by atoms with Gasteiger partial charge in [0, 0.05) is 19.2 Å². The SMILES string of the molecule is COc1ccnc(C(=O)N[C@H]2COC(=O)[C@H](Cc3ccccc3)[C@@H](OC(=O)C(C)C)[C@H](C)OC2=O)c1OC(=O)C(C)OC(C)=O. The van der Waals surface area contributed by atoms with Gasteiger partial charge < -0.3 is 33.7 Å². The van der Waals surface area contributed by atoms with Crippen LogP contribution in [-0.4, -0.2) is 78.8 Å². The number of carbonyl (C=O) groups excluding carboxylic acids is 6. The molecule has 1 saturated heterocycles. The van der Waals surface area contributed by atoms with Crippen molar-refractivity contribution in [3.63, 3.8) is 0 Å². The average molecular weight is 629 g/mol. The molecule has 0 radical (unpaired) electrons. The molecule has 242 valence electrons. The van der Waals surface area contributed by atoms with E-state index in [4.69, 9.17) is 28.4 Å². The molecule has 1 fully saturated rings. The molecule has 2 aromatic rings. The number of carbonyl (C=O) groups is 6. The summed E-state index contributed by atoms with van der Waals surface area (Å²) in [4.78, 5) is 80.5. The van der Waals surface area contributed by atoms with E-state index in [9.17, 15) is 28.8 Å². The number of benzene rings is 1. The molecule has 0 spiro atoms. The minimum Gasteiger partial charge on any atom is -0.493 e. The largest absolute Gasteiger partial charge is 0.493 e. The molecular formula is C31H36N2O12. The second kappa shape index (κ2) is 15.6. The number of amides is 1. The third kappa shape index (κ3) is 9.24. The molecular weight excluding hydrogens is 592 g/mol. The van der Waals surface area contributed by atoms with Gasteiger partial charge in [0.15, 0.2) is 29.7 Å². The molecule has 1 aromatic carbocycles. The van der Waals surface area contributed by atoms with E-state index in [1.54, 1.807) is 38.1 Å². The fourth-order valence-electron chi connectivity index (χ4n) is 4.31. The zero-order valence-electron chi connectivity index (χ0n) is 25.8. The summed E-state index contributed by atoms with van der Waals surface area (Å²) in [6, 6.07) is 8.75.